The van der Waals surface area contributed by atoms with Crippen molar-refractivity contribution in [3.05, 3.63) is 50.7 Å². The van der Waals surface area contributed by atoms with Crippen LogP contribution in [-0.4, -0.2) is 19.0 Å². The third-order valence-corrected chi connectivity index (χ3v) is 6.71. The van der Waals surface area contributed by atoms with E-state index in [1.54, 1.807) is 0 Å². The zero-order valence-corrected chi connectivity index (χ0v) is 18.0. The molecule has 0 radical (unpaired) electrons. The van der Waals surface area contributed by atoms with E-state index in [9.17, 15) is 31.5 Å². The average molecular weight is 461 g/mol. The molecule has 1 amide bonds. The Balaban J connectivity index is 2.04. The largest absolute Gasteiger partial charge is 0.465 e. The maximum Gasteiger partial charge on any atom is 0.341 e. The van der Waals surface area contributed by atoms with Gasteiger partial charge in [0.25, 0.3) is 5.91 Å². The number of halogens is 5. The second-order valence-electron chi connectivity index (χ2n) is 8.40. The molecule has 1 unspecified atom stereocenters. The first-order chi connectivity index (χ1) is 14.4. The lowest BCUT2D eigenvalue weighted by molar-refractivity contribution is 0.0600. The summed E-state index contributed by atoms with van der Waals surface area (Å²) in [6.45, 7) is 6.26. The molecular formula is C21H20F5NO3S. The minimum atomic E-state index is -2.36. The predicted octanol–water partition coefficient (Wildman–Crippen LogP) is 5.63. The van der Waals surface area contributed by atoms with Gasteiger partial charge in [-0.1, -0.05) is 20.8 Å². The lowest BCUT2D eigenvalue weighted by Gasteiger charge is -2.33. The van der Waals surface area contributed by atoms with E-state index in [-0.39, 0.29) is 16.0 Å². The monoisotopic (exact) mass is 461 g/mol. The summed E-state index contributed by atoms with van der Waals surface area (Å²) >= 11 is 1.03. The van der Waals surface area contributed by atoms with E-state index in [0.717, 1.165) is 29.7 Å². The van der Waals surface area contributed by atoms with Crippen LogP contribution in [0.15, 0.2) is 0 Å². The molecule has 0 saturated heterocycles. The Labute approximate surface area is 179 Å². The van der Waals surface area contributed by atoms with Crippen LogP contribution in [0.2, 0.25) is 0 Å². The number of nitrogens with one attached hydrogen (secondary N) is 1. The first kappa shape index (κ1) is 23.2. The number of hydrogen-bond acceptors (Lipinski definition) is 4. The number of carbonyl (C=O) groups excluding carboxylic acids is 2. The summed E-state index contributed by atoms with van der Waals surface area (Å²) in [6, 6.07) is 0. The quantitative estimate of drug-likeness (QED) is 0.279. The molecule has 1 aliphatic rings. The zero-order valence-electron chi connectivity index (χ0n) is 17.2. The smallest absolute Gasteiger partial charge is 0.341 e. The summed E-state index contributed by atoms with van der Waals surface area (Å²) in [5.41, 5.74) is -0.935. The number of benzene rings is 1. The van der Waals surface area contributed by atoms with Crippen molar-refractivity contribution >= 4 is 28.2 Å². The molecule has 1 aromatic heterocycles. The Kier molecular flexibility index (Phi) is 6.14. The highest BCUT2D eigenvalue weighted by molar-refractivity contribution is 7.17. The number of rotatable bonds is 3. The van der Waals surface area contributed by atoms with E-state index in [4.69, 9.17) is 4.74 Å². The van der Waals surface area contributed by atoms with E-state index in [1.807, 2.05) is 0 Å². The van der Waals surface area contributed by atoms with Gasteiger partial charge in [0.15, 0.2) is 23.3 Å². The van der Waals surface area contributed by atoms with E-state index >= 15 is 0 Å². The van der Waals surface area contributed by atoms with Gasteiger partial charge in [-0.2, -0.15) is 0 Å². The molecule has 2 aromatic rings. The zero-order chi connectivity index (χ0) is 23.2. The Hall–Kier alpha value is -2.49. The van der Waals surface area contributed by atoms with Gasteiger partial charge in [-0.3, -0.25) is 4.79 Å². The molecule has 1 aromatic carbocycles. The molecule has 0 fully saturated rings. The summed E-state index contributed by atoms with van der Waals surface area (Å²) in [4.78, 5) is 25.6. The Morgan fingerprint density at radius 3 is 2.03 bits per heavy atom. The number of methoxy groups -OCH3 is 1. The molecule has 0 aliphatic heterocycles. The lowest BCUT2D eigenvalue weighted by atomic mass is 9.72. The summed E-state index contributed by atoms with van der Waals surface area (Å²) in [5, 5.41) is 2.10. The number of fused-ring (bicyclic) bond motifs is 1. The Morgan fingerprint density at radius 2 is 1.52 bits per heavy atom. The molecule has 1 heterocycles. The molecule has 1 atom stereocenters. The molecule has 1 N–H and O–H groups in total. The fourth-order valence-corrected chi connectivity index (χ4v) is 5.01. The van der Waals surface area contributed by atoms with Crippen LogP contribution >= 0.6 is 11.3 Å². The standard InChI is InChI=1S/C21H20F5NO3S/c1-21(2,3)8-5-6-9-10(7-8)31-19(11(9)20(29)30-4)27-18(28)12-13(22)15(24)17(26)16(25)14(12)23/h8H,5-7H2,1-4H3,(H,27,28). The van der Waals surface area contributed by atoms with Crippen molar-refractivity contribution in [1.29, 1.82) is 0 Å². The highest BCUT2D eigenvalue weighted by atomic mass is 32.1. The maximum absolute atomic E-state index is 14.0. The van der Waals surface area contributed by atoms with E-state index < -0.39 is 46.5 Å². The SMILES string of the molecule is COC(=O)c1c(NC(=O)c2c(F)c(F)c(F)c(F)c2F)sc2c1CCC(C(C)(C)C)C2. The van der Waals surface area contributed by atoms with Gasteiger partial charge in [-0.15, -0.1) is 11.3 Å². The van der Waals surface area contributed by atoms with Crippen LogP contribution in [0.4, 0.5) is 27.0 Å². The number of ether oxygens (including phenoxy) is 1. The van der Waals surface area contributed by atoms with Crippen molar-refractivity contribution in [2.75, 3.05) is 12.4 Å². The molecule has 0 spiro atoms. The van der Waals surface area contributed by atoms with Gasteiger partial charge >= 0.3 is 5.97 Å². The minimum absolute atomic E-state index is 0.00799. The van der Waals surface area contributed by atoms with Crippen LogP contribution < -0.4 is 5.32 Å². The normalized spacial score (nSPS) is 16.1. The molecular weight excluding hydrogens is 441 g/mol. The van der Waals surface area contributed by atoms with Crippen molar-refractivity contribution in [3.8, 4) is 0 Å². The number of carbonyl (C=O) groups is 2. The number of anilines is 1. The first-order valence-electron chi connectivity index (χ1n) is 9.44. The predicted molar refractivity (Wildman–Crippen MR) is 105 cm³/mol. The third kappa shape index (κ3) is 4.05. The van der Waals surface area contributed by atoms with Crippen molar-refractivity contribution < 1.29 is 36.3 Å². The lowest BCUT2D eigenvalue weighted by Crippen LogP contribution is -2.26. The fourth-order valence-electron chi connectivity index (χ4n) is 3.70. The average Bonchev–Trinajstić information content (AvgIpc) is 3.06. The second-order valence-corrected chi connectivity index (χ2v) is 9.51. The fraction of sp³-hybridized carbons (Fsp3) is 0.429. The van der Waals surface area contributed by atoms with Gasteiger partial charge < -0.3 is 10.1 Å². The van der Waals surface area contributed by atoms with Crippen molar-refractivity contribution in [1.82, 2.24) is 0 Å². The minimum Gasteiger partial charge on any atom is -0.465 e. The van der Waals surface area contributed by atoms with Crippen LogP contribution in [0.5, 0.6) is 0 Å². The van der Waals surface area contributed by atoms with E-state index in [2.05, 4.69) is 26.1 Å². The van der Waals surface area contributed by atoms with Gasteiger partial charge in [0.05, 0.1) is 12.7 Å². The van der Waals surface area contributed by atoms with Crippen LogP contribution in [-0.2, 0) is 17.6 Å². The van der Waals surface area contributed by atoms with E-state index in [0.29, 0.717) is 24.3 Å². The molecule has 0 bridgehead atoms. The molecule has 31 heavy (non-hydrogen) atoms. The van der Waals surface area contributed by atoms with Gasteiger partial charge in [0, 0.05) is 4.88 Å². The van der Waals surface area contributed by atoms with Crippen LogP contribution in [0.3, 0.4) is 0 Å². The number of thiophene rings is 1. The van der Waals surface area contributed by atoms with Gasteiger partial charge in [-0.25, -0.2) is 26.7 Å². The highest BCUT2D eigenvalue weighted by Gasteiger charge is 2.35. The van der Waals surface area contributed by atoms with Crippen LogP contribution in [0.25, 0.3) is 0 Å². The van der Waals surface area contributed by atoms with Gasteiger partial charge in [0.2, 0.25) is 5.82 Å². The summed E-state index contributed by atoms with van der Waals surface area (Å²) in [7, 11) is 1.14. The van der Waals surface area contributed by atoms with Crippen LogP contribution in [0.1, 0.15) is 58.3 Å². The maximum atomic E-state index is 14.0. The Bertz CT molecular complexity index is 1050. The summed E-state index contributed by atoms with van der Waals surface area (Å²) < 4.78 is 73.1. The first-order valence-corrected chi connectivity index (χ1v) is 10.3. The molecule has 4 nitrogen and oxygen atoms in total. The molecule has 1 aliphatic carbocycles. The molecule has 3 rings (SSSR count). The topological polar surface area (TPSA) is 55.4 Å². The number of esters is 1. The van der Waals surface area contributed by atoms with Gasteiger partial charge in [0.1, 0.15) is 10.6 Å². The second kappa shape index (κ2) is 8.22. The number of hydrogen-bond donors (Lipinski definition) is 1. The van der Waals surface area contributed by atoms with Crippen molar-refractivity contribution in [2.24, 2.45) is 11.3 Å². The van der Waals surface area contributed by atoms with E-state index in [1.165, 1.54) is 0 Å². The van der Waals surface area contributed by atoms with Crippen LogP contribution in [0, 0.1) is 40.4 Å². The highest BCUT2D eigenvalue weighted by Crippen LogP contribution is 2.44. The molecule has 0 saturated carbocycles. The Morgan fingerprint density at radius 1 is 0.968 bits per heavy atom. The number of amides is 1. The summed E-state index contributed by atoms with van der Waals surface area (Å²) in [6.07, 6.45) is 1.92. The molecule has 168 valence electrons. The summed E-state index contributed by atoms with van der Waals surface area (Å²) in [5.74, 6) is -13.3. The van der Waals surface area contributed by atoms with Crippen molar-refractivity contribution in [2.45, 2.75) is 40.0 Å². The van der Waals surface area contributed by atoms with Gasteiger partial charge in [-0.05, 0) is 36.2 Å². The molecule has 10 heteroatoms. The van der Waals surface area contributed by atoms with Crippen molar-refractivity contribution in [3.63, 3.8) is 0 Å². The third-order valence-electron chi connectivity index (χ3n) is 5.54.